The molecule has 0 aromatic heterocycles. The van der Waals surface area contributed by atoms with Crippen molar-refractivity contribution in [2.45, 2.75) is 42.7 Å². The summed E-state index contributed by atoms with van der Waals surface area (Å²) in [6.45, 7) is 3.95. The summed E-state index contributed by atoms with van der Waals surface area (Å²) >= 11 is 0. The number of nitrogens with zero attached hydrogens (tertiary/aromatic N) is 2. The molecule has 2 fully saturated rings. The molecule has 0 bridgehead atoms. The predicted molar refractivity (Wildman–Crippen MR) is 141 cm³/mol. The van der Waals surface area contributed by atoms with Gasteiger partial charge in [-0.3, -0.25) is 4.90 Å². The standard InChI is InChI=1S/C29H32N2O5S/c1-20-6-2-3-7-28(20)37(33,34)30-14-4-5-15-31-24(17-30)29(25(31)18-32)22-10-8-21(9-11-22)23-12-13-26-27(16-23)36-19-35-26/h2-3,6-13,16,24-25,29,32H,4-5,14-15,17-19H2,1H3. The Morgan fingerprint density at radius 1 is 0.919 bits per heavy atom. The van der Waals surface area contributed by atoms with Gasteiger partial charge in [-0.1, -0.05) is 48.5 Å². The zero-order valence-electron chi connectivity index (χ0n) is 20.9. The molecule has 3 aliphatic rings. The van der Waals surface area contributed by atoms with E-state index in [1.165, 1.54) is 0 Å². The number of aryl methyl sites for hydroxylation is 1. The minimum Gasteiger partial charge on any atom is -0.454 e. The normalized spacial score (nSPS) is 24.1. The molecule has 8 heteroatoms. The maximum atomic E-state index is 13.7. The fraction of sp³-hybridized carbons (Fsp3) is 0.379. The number of aliphatic hydroxyl groups excluding tert-OH is 1. The molecule has 1 N–H and O–H groups in total. The molecule has 37 heavy (non-hydrogen) atoms. The lowest BCUT2D eigenvalue weighted by Gasteiger charge is -2.57. The Hall–Kier alpha value is -2.91. The molecule has 0 radical (unpaired) electrons. The van der Waals surface area contributed by atoms with Crippen LogP contribution in [0.15, 0.2) is 71.6 Å². The van der Waals surface area contributed by atoms with Crippen LogP contribution in [0.2, 0.25) is 0 Å². The van der Waals surface area contributed by atoms with E-state index < -0.39 is 10.0 Å². The highest BCUT2D eigenvalue weighted by molar-refractivity contribution is 7.89. The summed E-state index contributed by atoms with van der Waals surface area (Å²) in [6, 6.07) is 21.6. The number of sulfonamides is 1. The van der Waals surface area contributed by atoms with Crippen molar-refractivity contribution in [3.63, 3.8) is 0 Å². The van der Waals surface area contributed by atoms with E-state index in [9.17, 15) is 13.5 Å². The minimum absolute atomic E-state index is 0.0116. The van der Waals surface area contributed by atoms with Crippen molar-refractivity contribution in [3.8, 4) is 22.6 Å². The van der Waals surface area contributed by atoms with Crippen molar-refractivity contribution in [1.29, 1.82) is 0 Å². The van der Waals surface area contributed by atoms with E-state index in [0.29, 0.717) is 18.0 Å². The number of fused-ring (bicyclic) bond motifs is 2. The van der Waals surface area contributed by atoms with Crippen molar-refractivity contribution in [2.24, 2.45) is 0 Å². The van der Waals surface area contributed by atoms with E-state index in [-0.39, 0.29) is 31.4 Å². The molecule has 3 aromatic rings. The highest BCUT2D eigenvalue weighted by Gasteiger charge is 2.50. The molecular formula is C29H32N2O5S. The highest BCUT2D eigenvalue weighted by atomic mass is 32.2. The van der Waals surface area contributed by atoms with E-state index in [0.717, 1.165) is 53.1 Å². The van der Waals surface area contributed by atoms with Gasteiger partial charge in [-0.2, -0.15) is 4.31 Å². The van der Waals surface area contributed by atoms with Gasteiger partial charge in [-0.15, -0.1) is 0 Å². The van der Waals surface area contributed by atoms with Gasteiger partial charge in [-0.05, 0) is 66.8 Å². The lowest BCUT2D eigenvalue weighted by atomic mass is 9.74. The number of ether oxygens (including phenoxy) is 2. The molecule has 3 aromatic carbocycles. The number of benzene rings is 3. The van der Waals surface area contributed by atoms with Gasteiger partial charge in [0.15, 0.2) is 11.5 Å². The maximum absolute atomic E-state index is 13.7. The molecule has 3 heterocycles. The van der Waals surface area contributed by atoms with E-state index in [4.69, 9.17) is 9.47 Å². The zero-order valence-corrected chi connectivity index (χ0v) is 21.7. The van der Waals surface area contributed by atoms with E-state index in [1.54, 1.807) is 16.4 Å². The Morgan fingerprint density at radius 2 is 1.65 bits per heavy atom. The fourth-order valence-electron chi connectivity index (χ4n) is 6.09. The van der Waals surface area contributed by atoms with Crippen molar-refractivity contribution in [3.05, 3.63) is 77.9 Å². The smallest absolute Gasteiger partial charge is 0.243 e. The average molecular weight is 521 g/mol. The monoisotopic (exact) mass is 520 g/mol. The third-order valence-corrected chi connectivity index (χ3v) is 10.1. The number of aliphatic hydroxyl groups is 1. The molecule has 7 nitrogen and oxygen atoms in total. The third-order valence-electron chi connectivity index (χ3n) is 8.05. The van der Waals surface area contributed by atoms with Crippen LogP contribution >= 0.6 is 0 Å². The van der Waals surface area contributed by atoms with Gasteiger partial charge in [0.05, 0.1) is 11.5 Å². The van der Waals surface area contributed by atoms with Gasteiger partial charge in [-0.25, -0.2) is 8.42 Å². The third kappa shape index (κ3) is 4.32. The second-order valence-electron chi connectivity index (χ2n) is 10.1. The molecule has 0 aliphatic carbocycles. The summed E-state index contributed by atoms with van der Waals surface area (Å²) in [6.07, 6.45) is 1.71. The summed E-state index contributed by atoms with van der Waals surface area (Å²) in [4.78, 5) is 2.68. The fourth-order valence-corrected chi connectivity index (χ4v) is 7.81. The molecule has 3 unspecified atom stereocenters. The topological polar surface area (TPSA) is 79.3 Å². The number of hydrogen-bond donors (Lipinski definition) is 1. The van der Waals surface area contributed by atoms with E-state index in [1.807, 2.05) is 37.3 Å². The Morgan fingerprint density at radius 3 is 2.43 bits per heavy atom. The summed E-state index contributed by atoms with van der Waals surface area (Å²) in [5.74, 6) is 1.57. The Balaban J connectivity index is 1.27. The first-order valence-corrected chi connectivity index (χ1v) is 14.3. The molecule has 3 atom stereocenters. The molecule has 3 aliphatic heterocycles. The van der Waals surface area contributed by atoms with Gasteiger partial charge in [0.25, 0.3) is 0 Å². The SMILES string of the molecule is Cc1ccccc1S(=O)(=O)N1CCCCN2C(CO)C(c3ccc(-c4ccc5c(c4)OCO5)cc3)C2C1. The first-order chi connectivity index (χ1) is 18.0. The second kappa shape index (κ2) is 9.76. The van der Waals surface area contributed by atoms with Crippen LogP contribution in [-0.2, 0) is 10.0 Å². The van der Waals surface area contributed by atoms with Crippen molar-refractivity contribution < 1.29 is 23.0 Å². The van der Waals surface area contributed by atoms with Gasteiger partial charge in [0.2, 0.25) is 16.8 Å². The first-order valence-electron chi connectivity index (χ1n) is 12.9. The summed E-state index contributed by atoms with van der Waals surface area (Å²) in [7, 11) is -3.61. The highest BCUT2D eigenvalue weighted by Crippen LogP contribution is 2.43. The minimum atomic E-state index is -3.61. The molecule has 6 rings (SSSR count). The predicted octanol–water partition coefficient (Wildman–Crippen LogP) is 4.00. The van der Waals surface area contributed by atoms with Crippen LogP contribution in [0.1, 0.15) is 29.9 Å². The van der Waals surface area contributed by atoms with Gasteiger partial charge >= 0.3 is 0 Å². The second-order valence-corrected chi connectivity index (χ2v) is 12.0. The molecular weight excluding hydrogens is 488 g/mol. The van der Waals surface area contributed by atoms with Crippen LogP contribution in [0.4, 0.5) is 0 Å². The zero-order chi connectivity index (χ0) is 25.6. The Labute approximate surface area is 218 Å². The quantitative estimate of drug-likeness (QED) is 0.548. The lowest BCUT2D eigenvalue weighted by molar-refractivity contribution is -0.0553. The molecule has 0 saturated carbocycles. The van der Waals surface area contributed by atoms with Crippen LogP contribution in [0.25, 0.3) is 11.1 Å². The van der Waals surface area contributed by atoms with Crippen LogP contribution < -0.4 is 9.47 Å². The lowest BCUT2D eigenvalue weighted by Crippen LogP contribution is -2.67. The van der Waals surface area contributed by atoms with E-state index >= 15 is 0 Å². The molecule has 2 saturated heterocycles. The van der Waals surface area contributed by atoms with Crippen LogP contribution in [0.5, 0.6) is 11.5 Å². The first kappa shape index (κ1) is 24.4. The number of hydrogen-bond acceptors (Lipinski definition) is 6. The summed E-state index contributed by atoms with van der Waals surface area (Å²) in [5, 5.41) is 10.3. The van der Waals surface area contributed by atoms with Crippen molar-refractivity contribution >= 4 is 10.0 Å². The van der Waals surface area contributed by atoms with Crippen molar-refractivity contribution in [2.75, 3.05) is 33.0 Å². The molecule has 194 valence electrons. The van der Waals surface area contributed by atoms with Crippen molar-refractivity contribution in [1.82, 2.24) is 9.21 Å². The average Bonchev–Trinajstić information content (AvgIpc) is 3.36. The Bertz CT molecular complexity index is 1390. The van der Waals surface area contributed by atoms with Crippen LogP contribution in [0, 0.1) is 6.92 Å². The molecule has 0 spiro atoms. The maximum Gasteiger partial charge on any atom is 0.243 e. The molecule has 0 amide bonds. The summed E-state index contributed by atoms with van der Waals surface area (Å²) in [5.41, 5.74) is 4.00. The van der Waals surface area contributed by atoms with Gasteiger partial charge in [0, 0.05) is 31.1 Å². The summed E-state index contributed by atoms with van der Waals surface area (Å²) < 4.78 is 39.9. The van der Waals surface area contributed by atoms with Crippen LogP contribution in [-0.4, -0.2) is 67.8 Å². The van der Waals surface area contributed by atoms with Crippen LogP contribution in [0.3, 0.4) is 0 Å². The van der Waals surface area contributed by atoms with Gasteiger partial charge < -0.3 is 14.6 Å². The Kier molecular flexibility index (Phi) is 6.44. The largest absolute Gasteiger partial charge is 0.454 e. The van der Waals surface area contributed by atoms with Gasteiger partial charge in [0.1, 0.15) is 0 Å². The number of rotatable bonds is 5. The van der Waals surface area contributed by atoms with E-state index in [2.05, 4.69) is 29.2 Å².